The van der Waals surface area contributed by atoms with Crippen LogP contribution in [0.15, 0.2) is 30.4 Å². The van der Waals surface area contributed by atoms with Crippen molar-refractivity contribution in [2.75, 3.05) is 25.6 Å². The summed E-state index contributed by atoms with van der Waals surface area (Å²) in [6, 6.07) is 4.94. The van der Waals surface area contributed by atoms with Gasteiger partial charge in [0.25, 0.3) is 5.91 Å². The lowest BCUT2D eigenvalue weighted by Gasteiger charge is -2.02. The summed E-state index contributed by atoms with van der Waals surface area (Å²) in [4.78, 5) is 30.1. The summed E-state index contributed by atoms with van der Waals surface area (Å²) < 4.78 is 4.48. The molecule has 0 radical (unpaired) electrons. The molecule has 0 aliphatic carbocycles. The summed E-state index contributed by atoms with van der Waals surface area (Å²) in [7, 11) is 1.26. The lowest BCUT2D eigenvalue weighted by molar-refractivity contribution is 0.0958. The van der Waals surface area contributed by atoms with E-state index < -0.39 is 6.09 Å². The number of H-pyrrole nitrogens is 1. The molecule has 4 N–H and O–H groups in total. The minimum absolute atomic E-state index is 0.0635. The van der Waals surface area contributed by atoms with E-state index in [9.17, 15) is 9.59 Å². The molecule has 8 nitrogen and oxygen atoms in total. The summed E-state index contributed by atoms with van der Waals surface area (Å²) in [6.45, 7) is 0.265. The maximum absolute atomic E-state index is 12.0. The van der Waals surface area contributed by atoms with Crippen LogP contribution in [0.1, 0.15) is 10.4 Å². The van der Waals surface area contributed by atoms with Gasteiger partial charge in [0.15, 0.2) is 0 Å². The van der Waals surface area contributed by atoms with Crippen LogP contribution in [0.4, 0.5) is 10.7 Å². The van der Waals surface area contributed by atoms with E-state index in [0.717, 1.165) is 0 Å². The predicted octanol–water partition coefficient (Wildman–Crippen LogP) is 1.02. The molecule has 8 heteroatoms. The first kappa shape index (κ1) is 15.5. The zero-order valence-electron chi connectivity index (χ0n) is 11.9. The number of aromatic nitrogens is 2. The first-order valence-electron chi connectivity index (χ1n) is 6.53. The summed E-state index contributed by atoms with van der Waals surface area (Å²) >= 11 is 0. The number of nitrogens with one attached hydrogen (secondary N) is 3. The van der Waals surface area contributed by atoms with Crippen LogP contribution in [0.3, 0.4) is 0 Å². The van der Waals surface area contributed by atoms with E-state index in [0.29, 0.717) is 23.1 Å². The maximum Gasteiger partial charge on any atom is 0.413 e. The Bertz CT molecular complexity index is 708. The molecule has 0 fully saturated rings. The molecule has 2 rings (SSSR count). The molecule has 22 heavy (non-hydrogen) atoms. The Balaban J connectivity index is 2.10. The summed E-state index contributed by atoms with van der Waals surface area (Å²) in [5.74, 6) is -0.00754. The van der Waals surface area contributed by atoms with E-state index in [1.165, 1.54) is 7.11 Å². The van der Waals surface area contributed by atoms with Crippen LogP contribution in [0, 0.1) is 0 Å². The van der Waals surface area contributed by atoms with Gasteiger partial charge in [-0.05, 0) is 18.2 Å². The largest absolute Gasteiger partial charge is 0.453 e. The molecular formula is C14H16N4O4. The van der Waals surface area contributed by atoms with Crippen molar-refractivity contribution in [2.24, 2.45) is 0 Å². The molecule has 0 atom stereocenters. The number of benzene rings is 1. The van der Waals surface area contributed by atoms with Crippen molar-refractivity contribution >= 4 is 29.0 Å². The van der Waals surface area contributed by atoms with Gasteiger partial charge in [-0.2, -0.15) is 0 Å². The fourth-order valence-corrected chi connectivity index (χ4v) is 1.77. The number of hydrogen-bond acceptors (Lipinski definition) is 5. The molecule has 116 valence electrons. The number of carbonyl (C=O) groups excluding carboxylic acids is 2. The molecule has 0 saturated heterocycles. The van der Waals surface area contributed by atoms with Crippen LogP contribution >= 0.6 is 0 Å². The number of aliphatic hydroxyl groups is 1. The minimum Gasteiger partial charge on any atom is -0.453 e. The zero-order chi connectivity index (χ0) is 15.9. The van der Waals surface area contributed by atoms with Gasteiger partial charge < -0.3 is 20.1 Å². The van der Waals surface area contributed by atoms with E-state index in [4.69, 9.17) is 5.11 Å². The third-order valence-corrected chi connectivity index (χ3v) is 2.80. The van der Waals surface area contributed by atoms with Crippen LogP contribution in [0.2, 0.25) is 0 Å². The van der Waals surface area contributed by atoms with Gasteiger partial charge in [0.1, 0.15) is 0 Å². The summed E-state index contributed by atoms with van der Waals surface area (Å²) in [6.07, 6.45) is 2.57. The van der Waals surface area contributed by atoms with E-state index in [-0.39, 0.29) is 18.5 Å². The normalized spacial score (nSPS) is 10.8. The monoisotopic (exact) mass is 304 g/mol. The first-order valence-corrected chi connectivity index (χ1v) is 6.53. The molecule has 0 aliphatic rings. The number of anilines is 1. The molecule has 0 unspecified atom stereocenters. The Morgan fingerprint density at radius 3 is 2.95 bits per heavy atom. The van der Waals surface area contributed by atoms with Crippen LogP contribution in [-0.4, -0.2) is 47.3 Å². The number of carbonyl (C=O) groups is 2. The molecule has 1 aromatic carbocycles. The number of aliphatic hydroxyl groups excluding tert-OH is 1. The first-order chi connectivity index (χ1) is 10.6. The molecule has 0 aliphatic heterocycles. The lowest BCUT2D eigenvalue weighted by atomic mass is 10.2. The smallest absolute Gasteiger partial charge is 0.413 e. The number of aromatic amines is 1. The molecule has 2 amide bonds. The Morgan fingerprint density at radius 1 is 1.41 bits per heavy atom. The number of amides is 2. The second kappa shape index (κ2) is 7.23. The van der Waals surface area contributed by atoms with Crippen LogP contribution in [0.5, 0.6) is 0 Å². The second-order valence-corrected chi connectivity index (χ2v) is 4.30. The topological polar surface area (TPSA) is 116 Å². The standard InChI is InChI=1S/C14H16N4O4/c1-22-14(21)18-13-16-10-5-4-9(8-11(10)17-13)12(20)15-6-2-3-7-19/h2-5,8,19H,6-7H2,1H3,(H,15,20)(H2,16,17,18,21)/b3-2+. The predicted molar refractivity (Wildman–Crippen MR) is 80.7 cm³/mol. The fourth-order valence-electron chi connectivity index (χ4n) is 1.77. The average molecular weight is 304 g/mol. The van der Waals surface area contributed by atoms with Gasteiger partial charge in [0.05, 0.1) is 24.8 Å². The van der Waals surface area contributed by atoms with Gasteiger partial charge in [-0.1, -0.05) is 12.2 Å². The van der Waals surface area contributed by atoms with Gasteiger partial charge in [0.2, 0.25) is 5.95 Å². The average Bonchev–Trinajstić information content (AvgIpc) is 2.92. The van der Waals surface area contributed by atoms with Crippen molar-refractivity contribution in [3.8, 4) is 0 Å². The summed E-state index contributed by atoms with van der Waals surface area (Å²) in [5, 5.41) is 13.7. The quantitative estimate of drug-likeness (QED) is 0.615. The maximum atomic E-state index is 12.0. The van der Waals surface area contributed by atoms with Crippen molar-refractivity contribution in [3.05, 3.63) is 35.9 Å². The molecule has 1 heterocycles. The van der Waals surface area contributed by atoms with E-state index in [2.05, 4.69) is 25.3 Å². The molecule has 0 saturated carbocycles. The summed E-state index contributed by atoms with van der Waals surface area (Å²) in [5.41, 5.74) is 1.69. The SMILES string of the molecule is COC(=O)Nc1nc2ccc(C(=O)NC/C=C/CO)cc2[nH]1. The molecule has 0 bridgehead atoms. The number of ether oxygens (including phenoxy) is 1. The van der Waals surface area contributed by atoms with Gasteiger partial charge in [0, 0.05) is 12.1 Å². The van der Waals surface area contributed by atoms with Crippen molar-refractivity contribution in [1.29, 1.82) is 0 Å². The van der Waals surface area contributed by atoms with Gasteiger partial charge in [-0.3, -0.25) is 10.1 Å². The Hall–Kier alpha value is -2.87. The van der Waals surface area contributed by atoms with Crippen LogP contribution in [-0.2, 0) is 4.74 Å². The molecular weight excluding hydrogens is 288 g/mol. The molecule has 2 aromatic rings. The number of methoxy groups -OCH3 is 1. The number of imidazole rings is 1. The van der Waals surface area contributed by atoms with Gasteiger partial charge in [-0.25, -0.2) is 9.78 Å². The highest BCUT2D eigenvalue weighted by Crippen LogP contribution is 2.16. The Morgan fingerprint density at radius 2 is 2.23 bits per heavy atom. The van der Waals surface area contributed by atoms with Crippen molar-refractivity contribution in [3.63, 3.8) is 0 Å². The number of rotatable bonds is 5. The van der Waals surface area contributed by atoms with E-state index >= 15 is 0 Å². The van der Waals surface area contributed by atoms with Gasteiger partial charge in [-0.15, -0.1) is 0 Å². The number of fused-ring (bicyclic) bond motifs is 1. The van der Waals surface area contributed by atoms with Crippen molar-refractivity contribution in [2.45, 2.75) is 0 Å². The minimum atomic E-state index is -0.632. The molecule has 0 spiro atoms. The second-order valence-electron chi connectivity index (χ2n) is 4.30. The fraction of sp³-hybridized carbons (Fsp3) is 0.214. The van der Waals surface area contributed by atoms with Crippen molar-refractivity contribution < 1.29 is 19.4 Å². The zero-order valence-corrected chi connectivity index (χ0v) is 11.9. The third kappa shape index (κ3) is 3.83. The lowest BCUT2D eigenvalue weighted by Crippen LogP contribution is -2.23. The third-order valence-electron chi connectivity index (χ3n) is 2.80. The highest BCUT2D eigenvalue weighted by Gasteiger charge is 2.10. The van der Waals surface area contributed by atoms with Crippen LogP contribution < -0.4 is 10.6 Å². The Kier molecular flexibility index (Phi) is 5.10. The van der Waals surface area contributed by atoms with Crippen molar-refractivity contribution in [1.82, 2.24) is 15.3 Å². The van der Waals surface area contributed by atoms with Gasteiger partial charge >= 0.3 is 6.09 Å². The van der Waals surface area contributed by atoms with E-state index in [1.54, 1.807) is 30.4 Å². The number of nitrogens with zero attached hydrogens (tertiary/aromatic N) is 1. The molecule has 1 aromatic heterocycles. The van der Waals surface area contributed by atoms with E-state index in [1.807, 2.05) is 0 Å². The van der Waals surface area contributed by atoms with Crippen LogP contribution in [0.25, 0.3) is 11.0 Å². The highest BCUT2D eigenvalue weighted by molar-refractivity contribution is 5.98. The number of hydrogen-bond donors (Lipinski definition) is 4. The Labute approximate surface area is 126 Å². The highest BCUT2D eigenvalue weighted by atomic mass is 16.5.